The second-order valence-electron chi connectivity index (χ2n) is 5.74. The van der Waals surface area contributed by atoms with Crippen molar-refractivity contribution in [1.29, 1.82) is 0 Å². The van der Waals surface area contributed by atoms with E-state index in [-0.39, 0.29) is 11.9 Å². The number of nitrogens with zero attached hydrogens (tertiary/aromatic N) is 2. The number of carbonyl (C=O) groups excluding carboxylic acids is 1. The topological polar surface area (TPSA) is 60.9 Å². The Morgan fingerprint density at radius 3 is 2.37 bits per heavy atom. The van der Waals surface area contributed by atoms with Gasteiger partial charge in [0.05, 0.1) is 5.92 Å². The van der Waals surface area contributed by atoms with Crippen molar-refractivity contribution in [2.75, 3.05) is 26.2 Å². The fraction of sp³-hybridized carbons (Fsp3) is 0.857. The standard InChI is InChI=1S/C14H24N2O3/c1-2-11-4-3-7-16(10-11)14(19)15-8-5-12(6-9-15)13(17)18/h11-12H,2-10H2,1H3,(H,17,18). The van der Waals surface area contributed by atoms with E-state index in [1.807, 2.05) is 9.80 Å². The summed E-state index contributed by atoms with van der Waals surface area (Å²) in [6, 6.07) is 0.113. The van der Waals surface area contributed by atoms with Crippen molar-refractivity contribution < 1.29 is 14.7 Å². The van der Waals surface area contributed by atoms with E-state index in [2.05, 4.69) is 6.92 Å². The molecule has 0 aromatic rings. The predicted octanol–water partition coefficient (Wildman–Crippen LogP) is 2.03. The number of hydrogen-bond acceptors (Lipinski definition) is 2. The number of rotatable bonds is 2. The van der Waals surface area contributed by atoms with E-state index in [9.17, 15) is 9.59 Å². The minimum absolute atomic E-state index is 0.113. The average molecular weight is 268 g/mol. The van der Waals surface area contributed by atoms with Crippen LogP contribution in [0.15, 0.2) is 0 Å². The van der Waals surface area contributed by atoms with Crippen molar-refractivity contribution in [3.63, 3.8) is 0 Å². The Bertz CT molecular complexity index is 338. The van der Waals surface area contributed by atoms with Crippen LogP contribution in [0.4, 0.5) is 4.79 Å². The van der Waals surface area contributed by atoms with Gasteiger partial charge in [-0.25, -0.2) is 4.79 Å². The highest BCUT2D eigenvalue weighted by Gasteiger charge is 2.31. The number of carboxylic acid groups (broad SMARTS) is 1. The average Bonchev–Trinajstić information content (AvgIpc) is 2.46. The molecule has 0 aromatic heterocycles. The first-order chi connectivity index (χ1) is 9.11. The molecule has 0 bridgehead atoms. The largest absolute Gasteiger partial charge is 0.481 e. The van der Waals surface area contributed by atoms with Crippen molar-refractivity contribution >= 4 is 12.0 Å². The van der Waals surface area contributed by atoms with Crippen LogP contribution in [0.2, 0.25) is 0 Å². The summed E-state index contributed by atoms with van der Waals surface area (Å²) in [5.74, 6) is -0.362. The summed E-state index contributed by atoms with van der Waals surface area (Å²) in [5, 5.41) is 8.96. The zero-order chi connectivity index (χ0) is 13.8. The highest BCUT2D eigenvalue weighted by atomic mass is 16.4. The van der Waals surface area contributed by atoms with E-state index in [1.165, 1.54) is 6.42 Å². The van der Waals surface area contributed by atoms with Gasteiger partial charge in [-0.15, -0.1) is 0 Å². The Hall–Kier alpha value is -1.26. The Morgan fingerprint density at radius 1 is 1.11 bits per heavy atom. The summed E-state index contributed by atoms with van der Waals surface area (Å²) in [6.45, 7) is 5.07. The van der Waals surface area contributed by atoms with Gasteiger partial charge in [-0.05, 0) is 31.6 Å². The fourth-order valence-electron chi connectivity index (χ4n) is 3.09. The molecule has 5 heteroatoms. The molecule has 2 amide bonds. The van der Waals surface area contributed by atoms with Crippen LogP contribution in [-0.4, -0.2) is 53.1 Å². The zero-order valence-corrected chi connectivity index (χ0v) is 11.7. The molecule has 5 nitrogen and oxygen atoms in total. The van der Waals surface area contributed by atoms with Crippen molar-refractivity contribution in [2.45, 2.75) is 39.0 Å². The van der Waals surface area contributed by atoms with E-state index >= 15 is 0 Å². The van der Waals surface area contributed by atoms with Crippen molar-refractivity contribution in [3.8, 4) is 0 Å². The maximum atomic E-state index is 12.4. The minimum atomic E-state index is -0.726. The molecule has 2 saturated heterocycles. The molecule has 108 valence electrons. The molecule has 0 aromatic carbocycles. The van der Waals surface area contributed by atoms with E-state index in [0.717, 1.165) is 25.9 Å². The molecule has 1 unspecified atom stereocenters. The quantitative estimate of drug-likeness (QED) is 0.833. The number of hydrogen-bond donors (Lipinski definition) is 1. The van der Waals surface area contributed by atoms with Crippen LogP contribution in [0.5, 0.6) is 0 Å². The number of carboxylic acids is 1. The first kappa shape index (κ1) is 14.2. The molecule has 2 aliphatic rings. The van der Waals surface area contributed by atoms with Gasteiger partial charge in [-0.1, -0.05) is 13.3 Å². The van der Waals surface area contributed by atoms with Gasteiger partial charge >= 0.3 is 12.0 Å². The van der Waals surface area contributed by atoms with E-state index < -0.39 is 5.97 Å². The lowest BCUT2D eigenvalue weighted by Crippen LogP contribution is -2.50. The smallest absolute Gasteiger partial charge is 0.320 e. The van der Waals surface area contributed by atoms with Crippen LogP contribution >= 0.6 is 0 Å². The van der Waals surface area contributed by atoms with Crippen LogP contribution in [-0.2, 0) is 4.79 Å². The zero-order valence-electron chi connectivity index (χ0n) is 11.7. The summed E-state index contributed by atoms with van der Waals surface area (Å²) in [6.07, 6.45) is 4.63. The Morgan fingerprint density at radius 2 is 1.79 bits per heavy atom. The molecule has 2 fully saturated rings. The van der Waals surface area contributed by atoms with Gasteiger partial charge in [0.25, 0.3) is 0 Å². The summed E-state index contributed by atoms with van der Waals surface area (Å²) < 4.78 is 0. The number of piperidine rings is 2. The first-order valence-electron chi connectivity index (χ1n) is 7.38. The molecule has 2 aliphatic heterocycles. The maximum absolute atomic E-state index is 12.4. The Kier molecular flexibility index (Phi) is 4.66. The molecule has 2 heterocycles. The molecule has 19 heavy (non-hydrogen) atoms. The molecular weight excluding hydrogens is 244 g/mol. The predicted molar refractivity (Wildman–Crippen MR) is 71.9 cm³/mol. The summed E-state index contributed by atoms with van der Waals surface area (Å²) in [5.41, 5.74) is 0. The van der Waals surface area contributed by atoms with Crippen molar-refractivity contribution in [1.82, 2.24) is 9.80 Å². The van der Waals surface area contributed by atoms with Crippen LogP contribution in [0.25, 0.3) is 0 Å². The van der Waals surface area contributed by atoms with Crippen molar-refractivity contribution in [3.05, 3.63) is 0 Å². The molecular formula is C14H24N2O3. The van der Waals surface area contributed by atoms with Crippen LogP contribution in [0.3, 0.4) is 0 Å². The maximum Gasteiger partial charge on any atom is 0.320 e. The molecule has 1 N–H and O–H groups in total. The normalized spacial score (nSPS) is 25.4. The van der Waals surface area contributed by atoms with E-state index in [0.29, 0.717) is 31.8 Å². The highest BCUT2D eigenvalue weighted by molar-refractivity contribution is 5.75. The van der Waals surface area contributed by atoms with E-state index in [4.69, 9.17) is 5.11 Å². The molecule has 0 saturated carbocycles. The Balaban J connectivity index is 1.85. The molecule has 1 atom stereocenters. The van der Waals surface area contributed by atoms with Crippen LogP contribution in [0, 0.1) is 11.8 Å². The van der Waals surface area contributed by atoms with Gasteiger partial charge in [0.1, 0.15) is 0 Å². The second kappa shape index (κ2) is 6.26. The number of urea groups is 1. The van der Waals surface area contributed by atoms with Crippen molar-refractivity contribution in [2.24, 2.45) is 11.8 Å². The lowest BCUT2D eigenvalue weighted by Gasteiger charge is -2.38. The third-order valence-electron chi connectivity index (χ3n) is 4.48. The number of carbonyl (C=O) groups is 2. The van der Waals surface area contributed by atoms with Gasteiger partial charge < -0.3 is 14.9 Å². The number of aliphatic carboxylic acids is 1. The Labute approximate surface area is 114 Å². The van der Waals surface area contributed by atoms with Crippen LogP contribution < -0.4 is 0 Å². The summed E-state index contributed by atoms with van der Waals surface area (Å²) >= 11 is 0. The summed E-state index contributed by atoms with van der Waals surface area (Å²) in [4.78, 5) is 27.1. The fourth-order valence-corrected chi connectivity index (χ4v) is 3.09. The molecule has 0 radical (unpaired) electrons. The monoisotopic (exact) mass is 268 g/mol. The molecule has 2 rings (SSSR count). The molecule has 0 aliphatic carbocycles. The van der Waals surface area contributed by atoms with Gasteiger partial charge in [-0.3, -0.25) is 4.79 Å². The molecule has 0 spiro atoms. The third-order valence-corrected chi connectivity index (χ3v) is 4.48. The van der Waals surface area contributed by atoms with Gasteiger partial charge in [0, 0.05) is 26.2 Å². The third kappa shape index (κ3) is 3.39. The van der Waals surface area contributed by atoms with Gasteiger partial charge in [0.15, 0.2) is 0 Å². The van der Waals surface area contributed by atoms with Gasteiger partial charge in [0.2, 0.25) is 0 Å². The van der Waals surface area contributed by atoms with Gasteiger partial charge in [-0.2, -0.15) is 0 Å². The minimum Gasteiger partial charge on any atom is -0.481 e. The number of likely N-dealkylation sites (tertiary alicyclic amines) is 2. The second-order valence-corrected chi connectivity index (χ2v) is 5.74. The lowest BCUT2D eigenvalue weighted by molar-refractivity contribution is -0.143. The highest BCUT2D eigenvalue weighted by Crippen LogP contribution is 2.23. The lowest BCUT2D eigenvalue weighted by atomic mass is 9.95. The SMILES string of the molecule is CCC1CCCN(C(=O)N2CCC(C(=O)O)CC2)C1. The summed E-state index contributed by atoms with van der Waals surface area (Å²) in [7, 11) is 0. The van der Waals surface area contributed by atoms with E-state index in [1.54, 1.807) is 0 Å². The van der Waals surface area contributed by atoms with Crippen LogP contribution in [0.1, 0.15) is 39.0 Å². The first-order valence-corrected chi connectivity index (χ1v) is 7.38. The number of amides is 2.